The highest BCUT2D eigenvalue weighted by atomic mass is 16.2. The van der Waals surface area contributed by atoms with E-state index in [0.29, 0.717) is 12.1 Å². The van der Waals surface area contributed by atoms with E-state index in [1.807, 2.05) is 36.4 Å². The molecule has 200 valence electrons. The first-order valence-electron chi connectivity index (χ1n) is 13.8. The van der Waals surface area contributed by atoms with Crippen LogP contribution in [0.25, 0.3) is 22.0 Å². The first kappa shape index (κ1) is 26.6. The zero-order chi connectivity index (χ0) is 27.2. The van der Waals surface area contributed by atoms with Crippen LogP contribution >= 0.6 is 0 Å². The molecule has 6 nitrogen and oxygen atoms in total. The Kier molecular flexibility index (Phi) is 8.33. The van der Waals surface area contributed by atoms with Crippen molar-refractivity contribution in [1.29, 1.82) is 0 Å². The number of pyridine rings is 1. The van der Waals surface area contributed by atoms with Crippen LogP contribution in [0.1, 0.15) is 42.7 Å². The molecule has 6 heteroatoms. The highest BCUT2D eigenvalue weighted by Crippen LogP contribution is 2.21. The minimum atomic E-state index is -0.606. The number of nitrogens with one attached hydrogen (secondary N) is 2. The highest BCUT2D eigenvalue weighted by molar-refractivity contribution is 5.97. The summed E-state index contributed by atoms with van der Waals surface area (Å²) in [5, 5.41) is 7.12. The van der Waals surface area contributed by atoms with E-state index in [0.717, 1.165) is 37.0 Å². The number of aromatic nitrogens is 1. The van der Waals surface area contributed by atoms with Gasteiger partial charge in [0.25, 0.3) is 5.91 Å². The highest BCUT2D eigenvalue weighted by Gasteiger charge is 2.29. The number of amides is 2. The van der Waals surface area contributed by atoms with E-state index in [9.17, 15) is 9.59 Å². The van der Waals surface area contributed by atoms with Crippen LogP contribution < -0.4 is 10.6 Å². The molecule has 1 aliphatic rings. The fourth-order valence-electron chi connectivity index (χ4n) is 5.21. The van der Waals surface area contributed by atoms with Crippen LogP contribution in [0.15, 0.2) is 91.0 Å². The van der Waals surface area contributed by atoms with Crippen LogP contribution in [-0.4, -0.2) is 46.9 Å². The lowest BCUT2D eigenvalue weighted by molar-refractivity contribution is -0.124. The number of benzene rings is 3. The first-order chi connectivity index (χ1) is 18.9. The van der Waals surface area contributed by atoms with Crippen LogP contribution in [-0.2, 0) is 11.3 Å². The van der Waals surface area contributed by atoms with Crippen molar-refractivity contribution in [3.63, 3.8) is 0 Å². The Morgan fingerprint density at radius 1 is 0.897 bits per heavy atom. The number of hydrogen-bond acceptors (Lipinski definition) is 4. The molecule has 1 fully saturated rings. The summed E-state index contributed by atoms with van der Waals surface area (Å²) in [7, 11) is 0. The van der Waals surface area contributed by atoms with Crippen LogP contribution in [0, 0.1) is 5.92 Å². The van der Waals surface area contributed by atoms with Crippen molar-refractivity contribution in [2.75, 3.05) is 13.1 Å². The van der Waals surface area contributed by atoms with Gasteiger partial charge >= 0.3 is 0 Å². The molecule has 3 aromatic carbocycles. The summed E-state index contributed by atoms with van der Waals surface area (Å²) in [6.07, 6.45) is 1.46. The summed E-state index contributed by atoms with van der Waals surface area (Å²) >= 11 is 0. The van der Waals surface area contributed by atoms with Crippen molar-refractivity contribution in [2.45, 2.75) is 45.3 Å². The molecule has 0 aliphatic carbocycles. The molecule has 4 aromatic rings. The molecule has 0 bridgehead atoms. The van der Waals surface area contributed by atoms with E-state index >= 15 is 0 Å². The molecule has 0 radical (unpaired) electrons. The van der Waals surface area contributed by atoms with E-state index in [2.05, 4.69) is 82.9 Å². The van der Waals surface area contributed by atoms with Crippen LogP contribution in [0.4, 0.5) is 0 Å². The van der Waals surface area contributed by atoms with Gasteiger partial charge in [-0.25, -0.2) is 4.98 Å². The van der Waals surface area contributed by atoms with Gasteiger partial charge in [-0.2, -0.15) is 0 Å². The van der Waals surface area contributed by atoms with Crippen molar-refractivity contribution < 1.29 is 9.59 Å². The number of nitrogens with zero attached hydrogens (tertiary/aromatic N) is 2. The van der Waals surface area contributed by atoms with Gasteiger partial charge in [0.2, 0.25) is 5.91 Å². The Morgan fingerprint density at radius 2 is 1.62 bits per heavy atom. The number of para-hydroxylation sites is 1. The summed E-state index contributed by atoms with van der Waals surface area (Å²) < 4.78 is 0. The third-order valence-corrected chi connectivity index (χ3v) is 7.25. The smallest absolute Gasteiger partial charge is 0.270 e. The van der Waals surface area contributed by atoms with Crippen molar-refractivity contribution in [3.05, 3.63) is 102 Å². The Hall–Kier alpha value is -4.03. The van der Waals surface area contributed by atoms with Crippen LogP contribution in [0.3, 0.4) is 0 Å². The molecule has 39 heavy (non-hydrogen) atoms. The molecule has 2 heterocycles. The Labute approximate surface area is 230 Å². The maximum atomic E-state index is 13.3. The van der Waals surface area contributed by atoms with Gasteiger partial charge in [-0.3, -0.25) is 14.5 Å². The lowest BCUT2D eigenvalue weighted by Crippen LogP contribution is -2.50. The number of carbonyl (C=O) groups excluding carboxylic acids is 2. The average Bonchev–Trinajstić information content (AvgIpc) is 3.39. The Morgan fingerprint density at radius 3 is 2.38 bits per heavy atom. The number of rotatable bonds is 9. The summed E-state index contributed by atoms with van der Waals surface area (Å²) in [6.45, 7) is 6.68. The number of hydrogen-bond donors (Lipinski definition) is 2. The maximum absolute atomic E-state index is 13.3. The molecule has 2 N–H and O–H groups in total. The predicted molar refractivity (Wildman–Crippen MR) is 156 cm³/mol. The standard InChI is InChI=1S/C33H36N4O2/c1-23(2)20-31(36-32(38)30-17-16-27-10-6-7-11-29(27)35-30)33(39)34-28-18-19-37(22-28)21-24-12-14-26(15-13-24)25-8-4-3-5-9-25/h3-17,23,28,31H,18-22H2,1-2H3,(H,34,39)(H,36,38)/t28-,31-/m0/s1. The van der Waals surface area contributed by atoms with E-state index in [4.69, 9.17) is 0 Å². The third-order valence-electron chi connectivity index (χ3n) is 7.25. The van der Waals surface area contributed by atoms with E-state index in [1.165, 1.54) is 16.7 Å². The molecule has 0 spiro atoms. The summed E-state index contributed by atoms with van der Waals surface area (Å²) in [4.78, 5) is 33.2. The second kappa shape index (κ2) is 12.2. The van der Waals surface area contributed by atoms with Crippen molar-refractivity contribution in [2.24, 2.45) is 5.92 Å². The van der Waals surface area contributed by atoms with Gasteiger partial charge in [-0.15, -0.1) is 0 Å². The fourth-order valence-corrected chi connectivity index (χ4v) is 5.21. The van der Waals surface area contributed by atoms with Gasteiger partial charge in [0.1, 0.15) is 11.7 Å². The van der Waals surface area contributed by atoms with Gasteiger partial charge in [0.05, 0.1) is 5.52 Å². The van der Waals surface area contributed by atoms with Crippen LogP contribution in [0.5, 0.6) is 0 Å². The molecule has 2 atom stereocenters. The minimum absolute atomic E-state index is 0.0615. The zero-order valence-electron chi connectivity index (χ0n) is 22.6. The normalized spacial score (nSPS) is 16.3. The van der Waals surface area contributed by atoms with Gasteiger partial charge in [0, 0.05) is 31.1 Å². The molecule has 1 aromatic heterocycles. The van der Waals surface area contributed by atoms with Gasteiger partial charge in [0.15, 0.2) is 0 Å². The van der Waals surface area contributed by atoms with Crippen LogP contribution in [0.2, 0.25) is 0 Å². The molecule has 0 saturated carbocycles. The maximum Gasteiger partial charge on any atom is 0.270 e. The minimum Gasteiger partial charge on any atom is -0.350 e. The Bertz CT molecular complexity index is 1420. The van der Waals surface area contributed by atoms with Crippen molar-refractivity contribution in [1.82, 2.24) is 20.5 Å². The zero-order valence-corrected chi connectivity index (χ0v) is 22.6. The first-order valence-corrected chi connectivity index (χ1v) is 13.8. The summed E-state index contributed by atoms with van der Waals surface area (Å²) in [6, 6.07) is 29.8. The summed E-state index contributed by atoms with van der Waals surface area (Å²) in [5.74, 6) is -0.199. The third kappa shape index (κ3) is 6.89. The lowest BCUT2D eigenvalue weighted by atomic mass is 10.0. The van der Waals surface area contributed by atoms with Gasteiger partial charge in [-0.05, 0) is 47.6 Å². The summed E-state index contributed by atoms with van der Waals surface area (Å²) in [5.41, 5.74) is 4.77. The molecule has 1 saturated heterocycles. The SMILES string of the molecule is CC(C)C[C@H](NC(=O)c1ccc2ccccc2n1)C(=O)N[C@H]1CCN(Cc2ccc(-c3ccccc3)cc2)C1. The quantitative estimate of drug-likeness (QED) is 0.308. The van der Waals surface area contributed by atoms with Gasteiger partial charge in [-0.1, -0.05) is 92.7 Å². The molecule has 1 aliphatic heterocycles. The fraction of sp³-hybridized carbons (Fsp3) is 0.303. The van der Waals surface area contributed by atoms with E-state index < -0.39 is 6.04 Å². The molecular formula is C33H36N4O2. The van der Waals surface area contributed by atoms with Crippen molar-refractivity contribution >= 4 is 22.7 Å². The average molecular weight is 521 g/mol. The molecule has 0 unspecified atom stereocenters. The number of carbonyl (C=O) groups is 2. The Balaban J connectivity index is 1.16. The van der Waals surface area contributed by atoms with E-state index in [-0.39, 0.29) is 23.8 Å². The monoisotopic (exact) mass is 520 g/mol. The number of fused-ring (bicyclic) bond motifs is 1. The second-order valence-electron chi connectivity index (χ2n) is 10.8. The number of likely N-dealkylation sites (tertiary alicyclic amines) is 1. The molecule has 2 amide bonds. The largest absolute Gasteiger partial charge is 0.350 e. The molecular weight excluding hydrogens is 484 g/mol. The second-order valence-corrected chi connectivity index (χ2v) is 10.8. The topological polar surface area (TPSA) is 74.3 Å². The van der Waals surface area contributed by atoms with Crippen molar-refractivity contribution in [3.8, 4) is 11.1 Å². The lowest BCUT2D eigenvalue weighted by Gasteiger charge is -2.23. The van der Waals surface area contributed by atoms with E-state index in [1.54, 1.807) is 6.07 Å². The van der Waals surface area contributed by atoms with Gasteiger partial charge < -0.3 is 10.6 Å². The molecule has 5 rings (SSSR count). The predicted octanol–water partition coefficient (Wildman–Crippen LogP) is 5.44.